The van der Waals surface area contributed by atoms with Gasteiger partial charge in [-0.15, -0.1) is 0 Å². The van der Waals surface area contributed by atoms with Gasteiger partial charge in [-0.1, -0.05) is 0 Å². The zero-order valence-corrected chi connectivity index (χ0v) is 14.8. The first-order chi connectivity index (χ1) is 12.5. The van der Waals surface area contributed by atoms with E-state index in [1.165, 1.54) is 12.1 Å². The van der Waals surface area contributed by atoms with Crippen LogP contribution in [0, 0.1) is 23.0 Å². The SMILES string of the molecule is Cc1nccn1CC1CCN(CC(=O)Nc2ccc([N+](=O)[O-])cc2)CC1. The summed E-state index contributed by atoms with van der Waals surface area (Å²) in [6.07, 6.45) is 5.96. The molecule has 0 saturated carbocycles. The fourth-order valence-electron chi connectivity index (χ4n) is 3.27. The highest BCUT2D eigenvalue weighted by Gasteiger charge is 2.21. The molecule has 8 heteroatoms. The second-order valence-corrected chi connectivity index (χ2v) is 6.70. The number of benzene rings is 1. The summed E-state index contributed by atoms with van der Waals surface area (Å²) in [5, 5.41) is 13.4. The van der Waals surface area contributed by atoms with Crippen molar-refractivity contribution in [1.82, 2.24) is 14.5 Å². The van der Waals surface area contributed by atoms with E-state index >= 15 is 0 Å². The molecule has 8 nitrogen and oxygen atoms in total. The molecule has 1 amide bonds. The molecule has 1 fully saturated rings. The molecule has 0 aliphatic carbocycles. The Morgan fingerprint density at radius 1 is 1.31 bits per heavy atom. The third-order valence-electron chi connectivity index (χ3n) is 4.81. The van der Waals surface area contributed by atoms with Crippen LogP contribution in [0.5, 0.6) is 0 Å². The second kappa shape index (κ2) is 8.09. The number of amides is 1. The van der Waals surface area contributed by atoms with Gasteiger partial charge >= 0.3 is 0 Å². The Hall–Kier alpha value is -2.74. The lowest BCUT2D eigenvalue weighted by Gasteiger charge is -2.31. The average molecular weight is 357 g/mol. The number of aryl methyl sites for hydroxylation is 1. The third kappa shape index (κ3) is 4.66. The normalized spacial score (nSPS) is 15.7. The number of piperidine rings is 1. The minimum absolute atomic E-state index is 0.0122. The number of nitrogens with one attached hydrogen (secondary N) is 1. The van der Waals surface area contributed by atoms with Crippen molar-refractivity contribution in [2.45, 2.75) is 26.3 Å². The van der Waals surface area contributed by atoms with E-state index in [-0.39, 0.29) is 11.6 Å². The molecule has 2 aromatic rings. The summed E-state index contributed by atoms with van der Waals surface area (Å²) in [4.78, 5) is 28.8. The van der Waals surface area contributed by atoms with Gasteiger partial charge < -0.3 is 9.88 Å². The van der Waals surface area contributed by atoms with Crippen LogP contribution in [0.1, 0.15) is 18.7 Å². The van der Waals surface area contributed by atoms with Gasteiger partial charge in [-0.25, -0.2) is 4.98 Å². The summed E-state index contributed by atoms with van der Waals surface area (Å²) in [5.41, 5.74) is 0.587. The minimum Gasteiger partial charge on any atom is -0.335 e. The van der Waals surface area contributed by atoms with E-state index in [0.29, 0.717) is 18.2 Å². The van der Waals surface area contributed by atoms with Gasteiger partial charge in [-0.3, -0.25) is 19.8 Å². The summed E-state index contributed by atoms with van der Waals surface area (Å²) < 4.78 is 2.18. The largest absolute Gasteiger partial charge is 0.335 e. The smallest absolute Gasteiger partial charge is 0.269 e. The van der Waals surface area contributed by atoms with E-state index in [4.69, 9.17) is 0 Å². The molecule has 138 valence electrons. The Labute approximate surface area is 152 Å². The Bertz CT molecular complexity index is 763. The number of nitrogens with zero attached hydrogens (tertiary/aromatic N) is 4. The maximum Gasteiger partial charge on any atom is 0.269 e. The lowest BCUT2D eigenvalue weighted by molar-refractivity contribution is -0.384. The van der Waals surface area contributed by atoms with Crippen LogP contribution in [0.3, 0.4) is 0 Å². The summed E-state index contributed by atoms with van der Waals surface area (Å²) in [6, 6.07) is 5.88. The lowest BCUT2D eigenvalue weighted by atomic mass is 9.96. The van der Waals surface area contributed by atoms with Crippen LogP contribution >= 0.6 is 0 Å². The minimum atomic E-state index is -0.457. The van der Waals surface area contributed by atoms with Crippen LogP contribution in [0.25, 0.3) is 0 Å². The van der Waals surface area contributed by atoms with Crippen molar-refractivity contribution in [1.29, 1.82) is 0 Å². The molecule has 1 aliphatic heterocycles. The zero-order valence-electron chi connectivity index (χ0n) is 14.8. The average Bonchev–Trinajstić information content (AvgIpc) is 3.02. The summed E-state index contributed by atoms with van der Waals surface area (Å²) in [7, 11) is 0. The number of nitro benzene ring substituents is 1. The molecular weight excluding hydrogens is 334 g/mol. The first kappa shape index (κ1) is 18.1. The molecule has 1 aliphatic rings. The molecule has 26 heavy (non-hydrogen) atoms. The van der Waals surface area contributed by atoms with Gasteiger partial charge in [0.05, 0.1) is 11.5 Å². The first-order valence-electron chi connectivity index (χ1n) is 8.75. The van der Waals surface area contributed by atoms with E-state index in [1.54, 1.807) is 12.1 Å². The Balaban J connectivity index is 1.43. The van der Waals surface area contributed by atoms with Crippen LogP contribution in [0.15, 0.2) is 36.7 Å². The number of nitro groups is 1. The molecule has 0 bridgehead atoms. The van der Waals surface area contributed by atoms with E-state index in [9.17, 15) is 14.9 Å². The number of aromatic nitrogens is 2. The number of carbonyl (C=O) groups is 1. The molecular formula is C18H23N5O3. The highest BCUT2D eigenvalue weighted by molar-refractivity contribution is 5.92. The van der Waals surface area contributed by atoms with Gasteiger partial charge in [0, 0.05) is 36.8 Å². The molecule has 0 atom stereocenters. The molecule has 2 heterocycles. The van der Waals surface area contributed by atoms with Crippen molar-refractivity contribution in [3.05, 3.63) is 52.6 Å². The number of imidazole rings is 1. The van der Waals surface area contributed by atoms with Gasteiger partial charge in [0.15, 0.2) is 0 Å². The number of likely N-dealkylation sites (tertiary alicyclic amines) is 1. The molecule has 1 aromatic heterocycles. The highest BCUT2D eigenvalue weighted by atomic mass is 16.6. The molecule has 0 radical (unpaired) electrons. The maximum absolute atomic E-state index is 12.2. The standard InChI is InChI=1S/C18H23N5O3/c1-14-19-8-11-22(14)12-15-6-9-21(10-7-15)13-18(24)20-16-2-4-17(5-3-16)23(25)26/h2-5,8,11,15H,6-7,9-10,12-13H2,1H3,(H,20,24). The van der Waals surface area contributed by atoms with Gasteiger partial charge in [0.25, 0.3) is 5.69 Å². The van der Waals surface area contributed by atoms with E-state index in [2.05, 4.69) is 19.8 Å². The predicted octanol–water partition coefficient (Wildman–Crippen LogP) is 2.45. The van der Waals surface area contributed by atoms with Crippen molar-refractivity contribution >= 4 is 17.3 Å². The van der Waals surface area contributed by atoms with E-state index < -0.39 is 4.92 Å². The number of hydrogen-bond acceptors (Lipinski definition) is 5. The fraction of sp³-hybridized carbons (Fsp3) is 0.444. The van der Waals surface area contributed by atoms with Crippen molar-refractivity contribution in [3.63, 3.8) is 0 Å². The van der Waals surface area contributed by atoms with E-state index in [1.807, 2.05) is 19.3 Å². The molecule has 0 unspecified atom stereocenters. The number of hydrogen-bond donors (Lipinski definition) is 1. The fourth-order valence-corrected chi connectivity index (χ4v) is 3.27. The molecule has 1 N–H and O–H groups in total. The number of anilines is 1. The van der Waals surface area contributed by atoms with Crippen molar-refractivity contribution in [2.24, 2.45) is 5.92 Å². The van der Waals surface area contributed by atoms with Gasteiger partial charge in [0.1, 0.15) is 5.82 Å². The number of rotatable bonds is 6. The molecule has 3 rings (SSSR count). The van der Waals surface area contributed by atoms with Crippen LogP contribution < -0.4 is 5.32 Å². The molecule has 1 aromatic carbocycles. The van der Waals surface area contributed by atoms with Crippen LogP contribution in [-0.4, -0.2) is 44.9 Å². The third-order valence-corrected chi connectivity index (χ3v) is 4.81. The van der Waals surface area contributed by atoms with Gasteiger partial charge in [-0.05, 0) is 50.9 Å². The lowest BCUT2D eigenvalue weighted by Crippen LogP contribution is -2.40. The van der Waals surface area contributed by atoms with Gasteiger partial charge in [0.2, 0.25) is 5.91 Å². The summed E-state index contributed by atoms with van der Waals surface area (Å²) >= 11 is 0. The van der Waals surface area contributed by atoms with Crippen LogP contribution in [0.4, 0.5) is 11.4 Å². The number of carbonyl (C=O) groups excluding carboxylic acids is 1. The van der Waals surface area contributed by atoms with Crippen LogP contribution in [0.2, 0.25) is 0 Å². The Morgan fingerprint density at radius 2 is 2.00 bits per heavy atom. The van der Waals surface area contributed by atoms with Crippen molar-refractivity contribution < 1.29 is 9.72 Å². The highest BCUT2D eigenvalue weighted by Crippen LogP contribution is 2.20. The second-order valence-electron chi connectivity index (χ2n) is 6.70. The van der Waals surface area contributed by atoms with E-state index in [0.717, 1.165) is 38.3 Å². The quantitative estimate of drug-likeness (QED) is 0.633. The Kier molecular flexibility index (Phi) is 5.62. The maximum atomic E-state index is 12.2. The number of non-ortho nitro benzene ring substituents is 1. The molecule has 1 saturated heterocycles. The predicted molar refractivity (Wildman–Crippen MR) is 97.9 cm³/mol. The van der Waals surface area contributed by atoms with Crippen molar-refractivity contribution in [3.8, 4) is 0 Å². The summed E-state index contributed by atoms with van der Waals surface area (Å²) in [5.74, 6) is 1.55. The molecule has 0 spiro atoms. The topological polar surface area (TPSA) is 93.3 Å². The zero-order chi connectivity index (χ0) is 18.5. The Morgan fingerprint density at radius 3 is 2.58 bits per heavy atom. The van der Waals surface area contributed by atoms with Gasteiger partial charge in [-0.2, -0.15) is 0 Å². The summed E-state index contributed by atoms with van der Waals surface area (Å²) in [6.45, 7) is 5.12. The first-order valence-corrected chi connectivity index (χ1v) is 8.75. The monoisotopic (exact) mass is 357 g/mol. The van der Waals surface area contributed by atoms with Crippen LogP contribution in [-0.2, 0) is 11.3 Å². The van der Waals surface area contributed by atoms with Crippen molar-refractivity contribution in [2.75, 3.05) is 25.0 Å².